The predicted molar refractivity (Wildman–Crippen MR) is 96.3 cm³/mol. The van der Waals surface area contributed by atoms with Crippen LogP contribution in [0.1, 0.15) is 26.2 Å². The normalized spacial score (nSPS) is 15.1. The molecule has 1 aromatic carbocycles. The van der Waals surface area contributed by atoms with Crippen LogP contribution in [0.5, 0.6) is 0 Å². The third kappa shape index (κ3) is 4.44. The summed E-state index contributed by atoms with van der Waals surface area (Å²) < 4.78 is 0. The van der Waals surface area contributed by atoms with Gasteiger partial charge in [-0.15, -0.1) is 0 Å². The summed E-state index contributed by atoms with van der Waals surface area (Å²) in [7, 11) is 0. The highest BCUT2D eigenvalue weighted by Gasteiger charge is 2.14. The molecule has 1 aromatic heterocycles. The molecular formula is C18H23N5O. The molecule has 1 saturated heterocycles. The summed E-state index contributed by atoms with van der Waals surface area (Å²) in [5, 5.41) is 6.10. The molecule has 1 atom stereocenters. The lowest BCUT2D eigenvalue weighted by Crippen LogP contribution is -2.24. The van der Waals surface area contributed by atoms with E-state index in [2.05, 4.69) is 31.6 Å². The van der Waals surface area contributed by atoms with Crippen molar-refractivity contribution in [2.24, 2.45) is 0 Å². The standard InChI is InChI=1S/C18H23N5O/c1-14(21-18-19-8-5-9-20-18)12-17(24)22-15-6-4-7-16(13-15)23-10-2-3-11-23/h4-9,13-14H,2-3,10-12H2,1H3,(H,22,24)(H,19,20,21)/t14-/m1/s1. The van der Waals surface area contributed by atoms with Crippen LogP contribution in [0.15, 0.2) is 42.7 Å². The number of benzene rings is 1. The minimum atomic E-state index is -0.0471. The van der Waals surface area contributed by atoms with E-state index in [4.69, 9.17) is 0 Å². The van der Waals surface area contributed by atoms with Crippen molar-refractivity contribution in [3.05, 3.63) is 42.7 Å². The SMILES string of the molecule is C[C@H](CC(=O)Nc1cccc(N2CCCC2)c1)Nc1ncccn1. The fraction of sp³-hybridized carbons (Fsp3) is 0.389. The van der Waals surface area contributed by atoms with Gasteiger partial charge >= 0.3 is 0 Å². The first-order chi connectivity index (χ1) is 11.7. The molecule has 2 N–H and O–H groups in total. The van der Waals surface area contributed by atoms with E-state index in [1.54, 1.807) is 18.5 Å². The van der Waals surface area contributed by atoms with Crippen LogP contribution < -0.4 is 15.5 Å². The molecule has 3 rings (SSSR count). The fourth-order valence-electron chi connectivity index (χ4n) is 2.89. The van der Waals surface area contributed by atoms with Gasteiger partial charge in [0.1, 0.15) is 0 Å². The number of carbonyl (C=O) groups excluding carboxylic acids is 1. The first-order valence-corrected chi connectivity index (χ1v) is 8.39. The van der Waals surface area contributed by atoms with E-state index >= 15 is 0 Å². The molecule has 2 aromatic rings. The predicted octanol–water partition coefficient (Wildman–Crippen LogP) is 2.91. The molecule has 1 amide bonds. The molecule has 126 valence electrons. The Hall–Kier alpha value is -2.63. The molecule has 0 unspecified atom stereocenters. The Kier molecular flexibility index (Phi) is 5.25. The fourth-order valence-corrected chi connectivity index (χ4v) is 2.89. The van der Waals surface area contributed by atoms with Crippen molar-refractivity contribution in [3.8, 4) is 0 Å². The van der Waals surface area contributed by atoms with Crippen molar-refractivity contribution in [1.82, 2.24) is 9.97 Å². The van der Waals surface area contributed by atoms with Gasteiger partial charge in [0.2, 0.25) is 11.9 Å². The molecule has 6 heteroatoms. The van der Waals surface area contributed by atoms with Crippen LogP contribution >= 0.6 is 0 Å². The molecule has 0 aliphatic carbocycles. The number of nitrogens with zero attached hydrogens (tertiary/aromatic N) is 3. The van der Waals surface area contributed by atoms with Crippen LogP contribution in [0.4, 0.5) is 17.3 Å². The highest BCUT2D eigenvalue weighted by molar-refractivity contribution is 5.91. The number of carbonyl (C=O) groups is 1. The van der Waals surface area contributed by atoms with E-state index in [0.29, 0.717) is 12.4 Å². The number of nitrogens with one attached hydrogen (secondary N) is 2. The molecule has 0 radical (unpaired) electrons. The Bertz CT molecular complexity index is 670. The smallest absolute Gasteiger partial charge is 0.226 e. The quantitative estimate of drug-likeness (QED) is 0.854. The average molecular weight is 325 g/mol. The van der Waals surface area contributed by atoms with Crippen LogP contribution in [-0.4, -0.2) is 35.0 Å². The van der Waals surface area contributed by atoms with Crippen molar-refractivity contribution in [2.45, 2.75) is 32.2 Å². The van der Waals surface area contributed by atoms with Crippen LogP contribution in [-0.2, 0) is 4.79 Å². The zero-order chi connectivity index (χ0) is 16.8. The maximum Gasteiger partial charge on any atom is 0.226 e. The number of amides is 1. The third-order valence-electron chi connectivity index (χ3n) is 4.03. The monoisotopic (exact) mass is 325 g/mol. The lowest BCUT2D eigenvalue weighted by molar-refractivity contribution is -0.116. The van der Waals surface area contributed by atoms with Crippen molar-refractivity contribution < 1.29 is 4.79 Å². The van der Waals surface area contributed by atoms with Crippen LogP contribution in [0, 0.1) is 0 Å². The second kappa shape index (κ2) is 7.77. The number of rotatable bonds is 6. The second-order valence-electron chi connectivity index (χ2n) is 6.11. The molecule has 6 nitrogen and oxygen atoms in total. The third-order valence-corrected chi connectivity index (χ3v) is 4.03. The van der Waals surface area contributed by atoms with Crippen molar-refractivity contribution in [3.63, 3.8) is 0 Å². The molecule has 0 saturated carbocycles. The zero-order valence-electron chi connectivity index (χ0n) is 13.9. The first kappa shape index (κ1) is 16.2. The van der Waals surface area contributed by atoms with E-state index < -0.39 is 0 Å². The molecule has 2 heterocycles. The zero-order valence-corrected chi connectivity index (χ0v) is 13.9. The average Bonchev–Trinajstić information content (AvgIpc) is 3.10. The van der Waals surface area contributed by atoms with E-state index in [-0.39, 0.29) is 11.9 Å². The van der Waals surface area contributed by atoms with Gasteiger partial charge in [-0.2, -0.15) is 0 Å². The van der Waals surface area contributed by atoms with Gasteiger partial charge in [0.25, 0.3) is 0 Å². The number of anilines is 3. The van der Waals surface area contributed by atoms with Gasteiger partial charge in [0, 0.05) is 49.3 Å². The van der Waals surface area contributed by atoms with E-state index in [1.165, 1.54) is 18.5 Å². The van der Waals surface area contributed by atoms with Gasteiger partial charge in [-0.25, -0.2) is 9.97 Å². The lowest BCUT2D eigenvalue weighted by Gasteiger charge is -2.19. The summed E-state index contributed by atoms with van der Waals surface area (Å²) >= 11 is 0. The summed E-state index contributed by atoms with van der Waals surface area (Å²) in [4.78, 5) is 22.8. The lowest BCUT2D eigenvalue weighted by atomic mass is 10.2. The Morgan fingerprint density at radius 1 is 1.21 bits per heavy atom. The van der Waals surface area contributed by atoms with E-state index in [0.717, 1.165) is 18.8 Å². The minimum absolute atomic E-state index is 0.0236. The Labute approximate surface area is 142 Å². The maximum absolute atomic E-state index is 12.2. The molecular weight excluding hydrogens is 302 g/mol. The van der Waals surface area contributed by atoms with E-state index in [1.807, 2.05) is 25.1 Å². The second-order valence-corrected chi connectivity index (χ2v) is 6.11. The van der Waals surface area contributed by atoms with Gasteiger partial charge in [-0.1, -0.05) is 6.07 Å². The van der Waals surface area contributed by atoms with Crippen LogP contribution in [0.2, 0.25) is 0 Å². The molecule has 1 aliphatic rings. The highest BCUT2D eigenvalue weighted by Crippen LogP contribution is 2.23. The van der Waals surface area contributed by atoms with Crippen molar-refractivity contribution >= 4 is 23.2 Å². The Morgan fingerprint density at radius 3 is 2.71 bits per heavy atom. The topological polar surface area (TPSA) is 70.2 Å². The van der Waals surface area contributed by atoms with Gasteiger partial charge in [-0.05, 0) is 44.0 Å². The van der Waals surface area contributed by atoms with Gasteiger partial charge in [0.15, 0.2) is 0 Å². The summed E-state index contributed by atoms with van der Waals surface area (Å²) in [5.74, 6) is 0.512. The number of aromatic nitrogens is 2. The van der Waals surface area contributed by atoms with Crippen LogP contribution in [0.25, 0.3) is 0 Å². The van der Waals surface area contributed by atoms with Gasteiger partial charge < -0.3 is 15.5 Å². The number of hydrogen-bond donors (Lipinski definition) is 2. The molecule has 1 fully saturated rings. The molecule has 1 aliphatic heterocycles. The largest absolute Gasteiger partial charge is 0.371 e. The summed E-state index contributed by atoms with van der Waals surface area (Å²) in [6.07, 6.45) is 6.17. The first-order valence-electron chi connectivity index (χ1n) is 8.39. The minimum Gasteiger partial charge on any atom is -0.371 e. The summed E-state index contributed by atoms with van der Waals surface area (Å²) in [6.45, 7) is 4.13. The van der Waals surface area contributed by atoms with Crippen molar-refractivity contribution in [1.29, 1.82) is 0 Å². The highest BCUT2D eigenvalue weighted by atomic mass is 16.1. The van der Waals surface area contributed by atoms with Gasteiger partial charge in [-0.3, -0.25) is 4.79 Å². The van der Waals surface area contributed by atoms with Crippen LogP contribution in [0.3, 0.4) is 0 Å². The molecule has 0 spiro atoms. The maximum atomic E-state index is 12.2. The summed E-state index contributed by atoms with van der Waals surface area (Å²) in [6, 6.07) is 9.77. The summed E-state index contributed by atoms with van der Waals surface area (Å²) in [5.41, 5.74) is 2.02. The molecule has 24 heavy (non-hydrogen) atoms. The Morgan fingerprint density at radius 2 is 1.96 bits per heavy atom. The van der Waals surface area contributed by atoms with Gasteiger partial charge in [0.05, 0.1) is 0 Å². The van der Waals surface area contributed by atoms with E-state index in [9.17, 15) is 4.79 Å². The Balaban J connectivity index is 1.53. The molecule has 0 bridgehead atoms. The van der Waals surface area contributed by atoms with Crippen molar-refractivity contribution in [2.75, 3.05) is 28.6 Å². The number of hydrogen-bond acceptors (Lipinski definition) is 5.